The van der Waals surface area contributed by atoms with Gasteiger partial charge in [0.15, 0.2) is 6.10 Å². The summed E-state index contributed by atoms with van der Waals surface area (Å²) in [6.07, 6.45) is -1.58. The summed E-state index contributed by atoms with van der Waals surface area (Å²) in [5.41, 5.74) is 0.812. The Morgan fingerprint density at radius 1 is 1.53 bits per heavy atom. The van der Waals surface area contributed by atoms with Gasteiger partial charge in [-0.25, -0.2) is 9.59 Å². The highest BCUT2D eigenvalue weighted by Gasteiger charge is 2.15. The summed E-state index contributed by atoms with van der Waals surface area (Å²) in [5, 5.41) is 19.5. The minimum Gasteiger partial charge on any atom is -0.479 e. The molecule has 0 heterocycles. The smallest absolute Gasteiger partial charge is 0.334 e. The van der Waals surface area contributed by atoms with Gasteiger partial charge >= 0.3 is 12.0 Å². The molecule has 0 aliphatic heterocycles. The number of aliphatic hydroxyl groups excluding tert-OH is 1. The Labute approximate surface area is 88.2 Å². The number of aliphatic hydroxyl groups is 1. The van der Waals surface area contributed by atoms with Crippen molar-refractivity contribution < 1.29 is 19.8 Å². The first kappa shape index (κ1) is 13.4. The van der Waals surface area contributed by atoms with Gasteiger partial charge in [0, 0.05) is 13.6 Å². The number of likely N-dealkylation sites (N-methyl/N-ethyl adjacent to an activating group) is 1. The number of nitrogens with zero attached hydrogens (tertiary/aromatic N) is 1. The topological polar surface area (TPSA) is 89.9 Å². The average molecular weight is 216 g/mol. The van der Waals surface area contributed by atoms with Crippen molar-refractivity contribution in [2.24, 2.45) is 0 Å². The minimum absolute atomic E-state index is 0.311. The SMILES string of the molecule is C=C(C)CN(C)C(=O)NC[C@H](O)C(=O)O. The first-order valence-corrected chi connectivity index (χ1v) is 4.38. The van der Waals surface area contributed by atoms with Gasteiger partial charge < -0.3 is 20.4 Å². The van der Waals surface area contributed by atoms with Crippen molar-refractivity contribution in [3.05, 3.63) is 12.2 Å². The normalized spacial score (nSPS) is 11.7. The molecule has 0 fully saturated rings. The average Bonchev–Trinajstić information content (AvgIpc) is 2.12. The number of hydrogen-bond donors (Lipinski definition) is 3. The molecule has 0 radical (unpaired) electrons. The maximum absolute atomic E-state index is 11.3. The van der Waals surface area contributed by atoms with E-state index in [4.69, 9.17) is 10.2 Å². The van der Waals surface area contributed by atoms with Gasteiger partial charge in [0.05, 0.1) is 6.54 Å². The van der Waals surface area contributed by atoms with Gasteiger partial charge in [0.1, 0.15) is 0 Å². The van der Waals surface area contributed by atoms with E-state index in [9.17, 15) is 9.59 Å². The molecule has 0 aromatic carbocycles. The van der Waals surface area contributed by atoms with Crippen LogP contribution in [0.1, 0.15) is 6.92 Å². The third-order valence-electron chi connectivity index (χ3n) is 1.59. The highest BCUT2D eigenvalue weighted by Crippen LogP contribution is 1.92. The fraction of sp³-hybridized carbons (Fsp3) is 0.556. The molecular formula is C9H16N2O4. The van der Waals surface area contributed by atoms with E-state index in [-0.39, 0.29) is 6.54 Å². The van der Waals surface area contributed by atoms with Crippen LogP contribution in [0.15, 0.2) is 12.2 Å². The standard InChI is InChI=1S/C9H16N2O4/c1-6(2)5-11(3)9(15)10-4-7(12)8(13)14/h7,12H,1,4-5H2,2-3H3,(H,10,15)(H,13,14)/t7-/m0/s1. The van der Waals surface area contributed by atoms with Crippen LogP contribution in [0.25, 0.3) is 0 Å². The van der Waals surface area contributed by atoms with Crippen LogP contribution in [0, 0.1) is 0 Å². The Kier molecular flexibility index (Phi) is 5.40. The predicted molar refractivity (Wildman–Crippen MR) is 54.5 cm³/mol. The number of carbonyl (C=O) groups is 2. The Morgan fingerprint density at radius 3 is 2.47 bits per heavy atom. The Bertz CT molecular complexity index is 265. The molecular weight excluding hydrogens is 200 g/mol. The second kappa shape index (κ2) is 6.02. The number of amides is 2. The van der Waals surface area contributed by atoms with Crippen molar-refractivity contribution in [1.82, 2.24) is 10.2 Å². The third-order valence-corrected chi connectivity index (χ3v) is 1.59. The number of rotatable bonds is 5. The van der Waals surface area contributed by atoms with Crippen LogP contribution in [0.3, 0.4) is 0 Å². The molecule has 0 aliphatic rings. The Morgan fingerprint density at radius 2 is 2.07 bits per heavy atom. The molecule has 0 spiro atoms. The second-order valence-corrected chi connectivity index (χ2v) is 3.35. The molecule has 0 unspecified atom stereocenters. The van der Waals surface area contributed by atoms with E-state index in [2.05, 4.69) is 11.9 Å². The fourth-order valence-electron chi connectivity index (χ4n) is 0.883. The van der Waals surface area contributed by atoms with Crippen molar-refractivity contribution in [2.45, 2.75) is 13.0 Å². The molecule has 6 heteroatoms. The third kappa shape index (κ3) is 5.69. The van der Waals surface area contributed by atoms with Gasteiger partial charge in [-0.05, 0) is 6.92 Å². The van der Waals surface area contributed by atoms with Crippen molar-refractivity contribution in [1.29, 1.82) is 0 Å². The van der Waals surface area contributed by atoms with Gasteiger partial charge in [-0.3, -0.25) is 0 Å². The van der Waals surface area contributed by atoms with Crippen LogP contribution in [0.5, 0.6) is 0 Å². The summed E-state index contributed by atoms with van der Waals surface area (Å²) < 4.78 is 0. The molecule has 2 amide bonds. The Hall–Kier alpha value is -1.56. The summed E-state index contributed by atoms with van der Waals surface area (Å²) in [5.74, 6) is -1.36. The van der Waals surface area contributed by atoms with E-state index in [1.54, 1.807) is 14.0 Å². The number of nitrogens with one attached hydrogen (secondary N) is 1. The molecule has 86 valence electrons. The maximum atomic E-state index is 11.3. The zero-order valence-corrected chi connectivity index (χ0v) is 8.86. The van der Waals surface area contributed by atoms with E-state index in [1.807, 2.05) is 0 Å². The fourth-order valence-corrected chi connectivity index (χ4v) is 0.883. The van der Waals surface area contributed by atoms with Crippen LogP contribution < -0.4 is 5.32 Å². The highest BCUT2D eigenvalue weighted by molar-refractivity contribution is 5.76. The molecule has 15 heavy (non-hydrogen) atoms. The predicted octanol–water partition coefficient (Wildman–Crippen LogP) is -0.351. The molecule has 3 N–H and O–H groups in total. The van der Waals surface area contributed by atoms with Gasteiger partial charge in [-0.1, -0.05) is 12.2 Å². The van der Waals surface area contributed by atoms with Gasteiger partial charge in [0.25, 0.3) is 0 Å². The monoisotopic (exact) mass is 216 g/mol. The zero-order chi connectivity index (χ0) is 12.0. The number of hydrogen-bond acceptors (Lipinski definition) is 3. The van der Waals surface area contributed by atoms with E-state index in [0.29, 0.717) is 6.54 Å². The maximum Gasteiger partial charge on any atom is 0.334 e. The van der Waals surface area contributed by atoms with Crippen molar-refractivity contribution in [3.8, 4) is 0 Å². The first-order valence-electron chi connectivity index (χ1n) is 4.38. The van der Waals surface area contributed by atoms with Crippen LogP contribution in [0.2, 0.25) is 0 Å². The van der Waals surface area contributed by atoms with Gasteiger partial charge in [0.2, 0.25) is 0 Å². The lowest BCUT2D eigenvalue weighted by molar-refractivity contribution is -0.146. The summed E-state index contributed by atoms with van der Waals surface area (Å²) in [7, 11) is 1.55. The molecule has 0 aromatic heterocycles. The molecule has 0 saturated carbocycles. The van der Waals surface area contributed by atoms with Crippen molar-refractivity contribution >= 4 is 12.0 Å². The molecule has 0 rings (SSSR count). The Balaban J connectivity index is 3.93. The van der Waals surface area contributed by atoms with E-state index >= 15 is 0 Å². The second-order valence-electron chi connectivity index (χ2n) is 3.35. The number of carboxylic acids is 1. The number of urea groups is 1. The van der Waals surface area contributed by atoms with Crippen LogP contribution >= 0.6 is 0 Å². The molecule has 0 aromatic rings. The molecule has 0 aliphatic carbocycles. The van der Waals surface area contributed by atoms with Gasteiger partial charge in [-0.15, -0.1) is 0 Å². The summed E-state index contributed by atoms with van der Waals surface area (Å²) in [4.78, 5) is 22.8. The van der Waals surface area contributed by atoms with E-state index in [0.717, 1.165) is 5.57 Å². The lowest BCUT2D eigenvalue weighted by Gasteiger charge is -2.18. The van der Waals surface area contributed by atoms with Crippen molar-refractivity contribution in [3.63, 3.8) is 0 Å². The molecule has 0 saturated heterocycles. The molecule has 0 bridgehead atoms. The van der Waals surface area contributed by atoms with E-state index in [1.165, 1.54) is 4.90 Å². The number of aliphatic carboxylic acids is 1. The lowest BCUT2D eigenvalue weighted by atomic mass is 10.3. The quantitative estimate of drug-likeness (QED) is 0.548. The summed E-state index contributed by atoms with van der Waals surface area (Å²) in [6, 6.07) is -0.446. The van der Waals surface area contributed by atoms with E-state index < -0.39 is 18.1 Å². The van der Waals surface area contributed by atoms with Crippen LogP contribution in [0.4, 0.5) is 4.79 Å². The number of carboxylic acid groups (broad SMARTS) is 1. The highest BCUT2D eigenvalue weighted by atomic mass is 16.4. The summed E-state index contributed by atoms with van der Waals surface area (Å²) >= 11 is 0. The van der Waals surface area contributed by atoms with Crippen molar-refractivity contribution in [2.75, 3.05) is 20.1 Å². The first-order chi connectivity index (χ1) is 6.84. The molecule has 6 nitrogen and oxygen atoms in total. The van der Waals surface area contributed by atoms with Crippen LogP contribution in [-0.4, -0.2) is 53.4 Å². The van der Waals surface area contributed by atoms with Crippen LogP contribution in [-0.2, 0) is 4.79 Å². The largest absolute Gasteiger partial charge is 0.479 e. The number of carbonyl (C=O) groups excluding carboxylic acids is 1. The van der Waals surface area contributed by atoms with Gasteiger partial charge in [-0.2, -0.15) is 0 Å². The summed E-state index contributed by atoms with van der Waals surface area (Å²) in [6.45, 7) is 5.48. The lowest BCUT2D eigenvalue weighted by Crippen LogP contribution is -2.43. The molecule has 1 atom stereocenters. The minimum atomic E-state index is -1.58. The zero-order valence-electron chi connectivity index (χ0n) is 8.86.